The molecule has 14 heavy (non-hydrogen) atoms. The van der Waals surface area contributed by atoms with Crippen LogP contribution in [0.15, 0.2) is 18.2 Å². The molecule has 3 nitrogen and oxygen atoms in total. The minimum atomic E-state index is -1.03. The molecule has 3 heteroatoms. The summed E-state index contributed by atoms with van der Waals surface area (Å²) < 4.78 is 0. The van der Waals surface area contributed by atoms with E-state index in [1.807, 2.05) is 0 Å². The molecule has 68 valence electrons. The number of nitriles is 1. The summed E-state index contributed by atoms with van der Waals surface area (Å²) in [5.74, 6) is 3.62. The first-order valence-electron chi connectivity index (χ1n) is 3.89. The molecule has 1 N–H and O–H groups in total. The Kier molecular flexibility index (Phi) is 2.89. The third-order valence-corrected chi connectivity index (χ3v) is 1.66. The van der Waals surface area contributed by atoms with Gasteiger partial charge in [0.1, 0.15) is 0 Å². The zero-order valence-electron chi connectivity index (χ0n) is 7.53. The van der Waals surface area contributed by atoms with Crippen LogP contribution in [-0.2, 0) is 0 Å². The quantitative estimate of drug-likeness (QED) is 0.675. The largest absolute Gasteiger partial charge is 0.478 e. The molecular formula is C11H7NO2. The highest BCUT2D eigenvalue weighted by molar-refractivity contribution is 5.91. The summed E-state index contributed by atoms with van der Waals surface area (Å²) in [6, 6.07) is 6.53. The Hall–Kier alpha value is -2.26. The lowest BCUT2D eigenvalue weighted by Gasteiger charge is -1.99. The lowest BCUT2D eigenvalue weighted by Crippen LogP contribution is -2.00. The van der Waals surface area contributed by atoms with E-state index in [1.165, 1.54) is 6.07 Å². The van der Waals surface area contributed by atoms with Crippen LogP contribution in [0.25, 0.3) is 0 Å². The fourth-order valence-corrected chi connectivity index (χ4v) is 1.04. The zero-order valence-corrected chi connectivity index (χ0v) is 7.53. The molecule has 0 spiro atoms. The van der Waals surface area contributed by atoms with Gasteiger partial charge in [-0.1, -0.05) is 11.6 Å². The van der Waals surface area contributed by atoms with Crippen molar-refractivity contribution in [3.63, 3.8) is 0 Å². The van der Waals surface area contributed by atoms with E-state index in [2.05, 4.69) is 11.8 Å². The highest BCUT2D eigenvalue weighted by Crippen LogP contribution is 2.10. The number of carbonyl (C=O) groups is 1. The van der Waals surface area contributed by atoms with Gasteiger partial charge in [0, 0.05) is 11.5 Å². The molecule has 0 aromatic heterocycles. The minimum Gasteiger partial charge on any atom is -0.478 e. The Balaban J connectivity index is 3.30. The van der Waals surface area contributed by atoms with Crippen LogP contribution < -0.4 is 0 Å². The summed E-state index contributed by atoms with van der Waals surface area (Å²) in [7, 11) is 0. The molecule has 0 atom stereocenters. The summed E-state index contributed by atoms with van der Waals surface area (Å²) in [6.07, 6.45) is 0. The zero-order chi connectivity index (χ0) is 10.6. The predicted molar refractivity (Wildman–Crippen MR) is 50.6 cm³/mol. The van der Waals surface area contributed by atoms with Crippen molar-refractivity contribution in [1.29, 1.82) is 5.26 Å². The van der Waals surface area contributed by atoms with Gasteiger partial charge in [0.2, 0.25) is 0 Å². The molecular weight excluding hydrogens is 178 g/mol. The Morgan fingerprint density at radius 3 is 2.79 bits per heavy atom. The van der Waals surface area contributed by atoms with E-state index in [1.54, 1.807) is 25.1 Å². The molecule has 0 aliphatic carbocycles. The van der Waals surface area contributed by atoms with Gasteiger partial charge in [-0.25, -0.2) is 4.79 Å². The second kappa shape index (κ2) is 4.11. The molecule has 1 aromatic rings. The van der Waals surface area contributed by atoms with Crippen LogP contribution in [-0.4, -0.2) is 11.1 Å². The molecule has 0 unspecified atom stereocenters. The molecule has 1 aromatic carbocycles. The fourth-order valence-electron chi connectivity index (χ4n) is 1.04. The monoisotopic (exact) mass is 185 g/mol. The van der Waals surface area contributed by atoms with Crippen molar-refractivity contribution in [3.05, 3.63) is 34.9 Å². The van der Waals surface area contributed by atoms with Crippen molar-refractivity contribution in [3.8, 4) is 17.9 Å². The van der Waals surface area contributed by atoms with Gasteiger partial charge < -0.3 is 5.11 Å². The normalized spacial score (nSPS) is 8.29. The van der Waals surface area contributed by atoms with Gasteiger partial charge >= 0.3 is 5.97 Å². The maximum atomic E-state index is 10.8. The Morgan fingerprint density at radius 2 is 2.21 bits per heavy atom. The standard InChI is InChI=1S/C11H7NO2/c1-8-4-5-9(3-2-6-12)10(7-8)11(13)14/h4-5,7H,1H3,(H,13,14). The van der Waals surface area contributed by atoms with E-state index < -0.39 is 5.97 Å². The molecule has 0 amide bonds. The lowest BCUT2D eigenvalue weighted by atomic mass is 10.1. The molecule has 0 radical (unpaired) electrons. The molecule has 0 aliphatic rings. The smallest absolute Gasteiger partial charge is 0.336 e. The van der Waals surface area contributed by atoms with Crippen molar-refractivity contribution < 1.29 is 9.90 Å². The molecule has 0 saturated carbocycles. The molecule has 0 bridgehead atoms. The predicted octanol–water partition coefficient (Wildman–Crippen LogP) is 1.57. The number of hydrogen-bond donors (Lipinski definition) is 1. The van der Waals surface area contributed by atoms with Gasteiger partial charge in [-0.2, -0.15) is 5.26 Å². The number of rotatable bonds is 1. The first-order valence-corrected chi connectivity index (χ1v) is 3.89. The average molecular weight is 185 g/mol. The summed E-state index contributed by atoms with van der Waals surface area (Å²) in [6.45, 7) is 1.80. The van der Waals surface area contributed by atoms with Crippen molar-refractivity contribution >= 4 is 5.97 Å². The molecule has 1 rings (SSSR count). The van der Waals surface area contributed by atoms with Gasteiger partial charge in [0.05, 0.1) is 5.56 Å². The summed E-state index contributed by atoms with van der Waals surface area (Å²) in [4.78, 5) is 10.8. The van der Waals surface area contributed by atoms with Gasteiger partial charge in [-0.3, -0.25) is 0 Å². The number of carboxylic acids is 1. The number of nitrogens with zero attached hydrogens (tertiary/aromatic N) is 1. The van der Waals surface area contributed by atoms with Crippen LogP contribution in [0, 0.1) is 30.1 Å². The number of hydrogen-bond acceptors (Lipinski definition) is 2. The number of aromatic carboxylic acids is 1. The summed E-state index contributed by atoms with van der Waals surface area (Å²) in [5.41, 5.74) is 1.35. The van der Waals surface area contributed by atoms with Crippen molar-refractivity contribution in [2.75, 3.05) is 0 Å². The Labute approximate surface area is 81.6 Å². The van der Waals surface area contributed by atoms with Crippen LogP contribution in [0.1, 0.15) is 21.5 Å². The second-order valence-corrected chi connectivity index (χ2v) is 2.72. The maximum absolute atomic E-state index is 10.8. The van der Waals surface area contributed by atoms with Gasteiger partial charge in [0.15, 0.2) is 6.07 Å². The van der Waals surface area contributed by atoms with Crippen LogP contribution in [0.4, 0.5) is 0 Å². The van der Waals surface area contributed by atoms with Crippen LogP contribution in [0.3, 0.4) is 0 Å². The molecule has 0 fully saturated rings. The van der Waals surface area contributed by atoms with E-state index in [0.717, 1.165) is 5.56 Å². The first-order chi connectivity index (χ1) is 6.65. The van der Waals surface area contributed by atoms with E-state index in [9.17, 15) is 4.79 Å². The highest BCUT2D eigenvalue weighted by atomic mass is 16.4. The third kappa shape index (κ3) is 2.12. The van der Waals surface area contributed by atoms with Crippen LogP contribution in [0.2, 0.25) is 0 Å². The fraction of sp³-hybridized carbons (Fsp3) is 0.0909. The number of aryl methyl sites for hydroxylation is 1. The minimum absolute atomic E-state index is 0.132. The van der Waals surface area contributed by atoms with Gasteiger partial charge in [-0.05, 0) is 25.0 Å². The average Bonchev–Trinajstić information content (AvgIpc) is 2.15. The van der Waals surface area contributed by atoms with Gasteiger partial charge in [-0.15, -0.1) is 0 Å². The molecule has 0 heterocycles. The second-order valence-electron chi connectivity index (χ2n) is 2.72. The SMILES string of the molecule is Cc1ccc(C#CC#N)c(C(=O)O)c1. The van der Waals surface area contributed by atoms with E-state index >= 15 is 0 Å². The highest BCUT2D eigenvalue weighted by Gasteiger charge is 2.07. The van der Waals surface area contributed by atoms with E-state index in [4.69, 9.17) is 10.4 Å². The number of benzene rings is 1. The molecule has 0 aliphatic heterocycles. The lowest BCUT2D eigenvalue weighted by molar-refractivity contribution is 0.0696. The van der Waals surface area contributed by atoms with E-state index in [0.29, 0.717) is 5.56 Å². The summed E-state index contributed by atoms with van der Waals surface area (Å²) in [5, 5.41) is 17.1. The van der Waals surface area contributed by atoms with Crippen molar-refractivity contribution in [1.82, 2.24) is 0 Å². The molecule has 0 saturated heterocycles. The van der Waals surface area contributed by atoms with Crippen LogP contribution in [0.5, 0.6) is 0 Å². The van der Waals surface area contributed by atoms with E-state index in [-0.39, 0.29) is 5.56 Å². The van der Waals surface area contributed by atoms with Crippen molar-refractivity contribution in [2.45, 2.75) is 6.92 Å². The Bertz CT molecular complexity index is 472. The van der Waals surface area contributed by atoms with Crippen LogP contribution >= 0.6 is 0 Å². The van der Waals surface area contributed by atoms with Gasteiger partial charge in [0.25, 0.3) is 0 Å². The first kappa shape index (κ1) is 9.83. The third-order valence-electron chi connectivity index (χ3n) is 1.66. The number of carboxylic acid groups (broad SMARTS) is 1. The van der Waals surface area contributed by atoms with Crippen molar-refractivity contribution in [2.24, 2.45) is 0 Å². The maximum Gasteiger partial charge on any atom is 0.336 e. The summed E-state index contributed by atoms with van der Waals surface area (Å²) >= 11 is 0. The topological polar surface area (TPSA) is 61.1 Å². The Morgan fingerprint density at radius 1 is 1.50 bits per heavy atom.